The van der Waals surface area contributed by atoms with Gasteiger partial charge < -0.3 is 0 Å². The van der Waals surface area contributed by atoms with E-state index in [4.69, 9.17) is 5.41 Å². The van der Waals surface area contributed by atoms with E-state index in [0.717, 1.165) is 24.6 Å². The highest BCUT2D eigenvalue weighted by Gasteiger charge is 2.48. The molecule has 0 spiro atoms. The number of rotatable bonds is 1. The molecular formula is C8H10N2O2S. The third-order valence-electron chi connectivity index (χ3n) is 2.40. The van der Waals surface area contributed by atoms with Gasteiger partial charge in [0.25, 0.3) is 0 Å². The summed E-state index contributed by atoms with van der Waals surface area (Å²) in [5.74, 6) is 0.997. The molecule has 1 atom stereocenters. The van der Waals surface area contributed by atoms with Crippen LogP contribution in [0.15, 0.2) is 0 Å². The van der Waals surface area contributed by atoms with Gasteiger partial charge in [0, 0.05) is 24.6 Å². The van der Waals surface area contributed by atoms with Crippen LogP contribution in [0.3, 0.4) is 0 Å². The van der Waals surface area contributed by atoms with Gasteiger partial charge in [-0.05, 0) is 0 Å². The largest absolute Gasteiger partial charge is 0.299 e. The molecule has 13 heavy (non-hydrogen) atoms. The predicted octanol–water partition coefficient (Wildman–Crippen LogP) is -0.425. The highest BCUT2D eigenvalue weighted by Crippen LogP contribution is 2.19. The van der Waals surface area contributed by atoms with Crippen molar-refractivity contribution in [1.82, 2.24) is 4.90 Å². The van der Waals surface area contributed by atoms with Gasteiger partial charge >= 0.3 is 0 Å². The van der Waals surface area contributed by atoms with Crippen molar-refractivity contribution in [2.24, 2.45) is 0 Å². The highest BCUT2D eigenvalue weighted by atomic mass is 32.2. The first-order chi connectivity index (χ1) is 6.22. The van der Waals surface area contributed by atoms with E-state index in [1.165, 1.54) is 0 Å². The van der Waals surface area contributed by atoms with Gasteiger partial charge in [-0.3, -0.25) is 19.9 Å². The summed E-state index contributed by atoms with van der Waals surface area (Å²) in [6.45, 7) is 1.63. The van der Waals surface area contributed by atoms with E-state index in [2.05, 4.69) is 0 Å². The lowest BCUT2D eigenvalue weighted by molar-refractivity contribution is -0.138. The van der Waals surface area contributed by atoms with Crippen LogP contribution < -0.4 is 0 Å². The summed E-state index contributed by atoms with van der Waals surface area (Å²) in [7, 11) is 0. The zero-order chi connectivity index (χ0) is 9.42. The average Bonchev–Trinajstić information content (AvgIpc) is 2.19. The maximum Gasteiger partial charge on any atom is 0.246 e. The van der Waals surface area contributed by atoms with Crippen molar-refractivity contribution in [1.29, 1.82) is 5.41 Å². The van der Waals surface area contributed by atoms with Crippen molar-refractivity contribution in [2.75, 3.05) is 24.6 Å². The molecule has 2 fully saturated rings. The molecule has 1 saturated heterocycles. The molecular weight excluding hydrogens is 188 g/mol. The zero-order valence-electron chi connectivity index (χ0n) is 7.08. The second-order valence-corrected chi connectivity index (χ2v) is 4.38. The summed E-state index contributed by atoms with van der Waals surface area (Å²) in [5.41, 5.74) is -0.0168. The Hall–Kier alpha value is -0.680. The second kappa shape index (κ2) is 3.23. The second-order valence-electron chi connectivity index (χ2n) is 3.16. The van der Waals surface area contributed by atoms with E-state index < -0.39 is 17.6 Å². The number of carbonyl (C=O) groups excluding carboxylic acids is 2. The number of thioether (sulfide) groups is 1. The zero-order valence-corrected chi connectivity index (χ0v) is 7.89. The summed E-state index contributed by atoms with van der Waals surface area (Å²) in [4.78, 5) is 23.9. The van der Waals surface area contributed by atoms with E-state index in [0.29, 0.717) is 0 Å². The van der Waals surface area contributed by atoms with Crippen LogP contribution in [0.2, 0.25) is 0 Å². The van der Waals surface area contributed by atoms with E-state index in [1.807, 2.05) is 16.7 Å². The molecule has 5 heteroatoms. The third-order valence-corrected chi connectivity index (χ3v) is 3.34. The van der Waals surface area contributed by atoms with Crippen LogP contribution in [0.25, 0.3) is 0 Å². The van der Waals surface area contributed by atoms with E-state index >= 15 is 0 Å². The number of nitrogens with zero attached hydrogens (tertiary/aromatic N) is 1. The van der Waals surface area contributed by atoms with Gasteiger partial charge in [0.1, 0.15) is 11.8 Å². The predicted molar refractivity (Wildman–Crippen MR) is 50.4 cm³/mol. The Kier molecular flexibility index (Phi) is 2.21. The van der Waals surface area contributed by atoms with E-state index in [1.54, 1.807) is 0 Å². The summed E-state index contributed by atoms with van der Waals surface area (Å²) < 4.78 is 0. The molecule has 1 saturated carbocycles. The Morgan fingerprint density at radius 3 is 2.46 bits per heavy atom. The molecule has 0 aromatic heterocycles. The number of hydrogen-bond acceptors (Lipinski definition) is 5. The topological polar surface area (TPSA) is 61.2 Å². The molecule has 0 unspecified atom stereocenters. The molecule has 1 aliphatic heterocycles. The lowest BCUT2D eigenvalue weighted by Gasteiger charge is -2.37. The quantitative estimate of drug-likeness (QED) is 0.581. The van der Waals surface area contributed by atoms with Crippen LogP contribution in [-0.2, 0) is 9.59 Å². The van der Waals surface area contributed by atoms with Crippen molar-refractivity contribution in [2.45, 2.75) is 6.04 Å². The maximum absolute atomic E-state index is 11.1. The van der Waals surface area contributed by atoms with Crippen molar-refractivity contribution in [3.05, 3.63) is 0 Å². The summed E-state index contributed by atoms with van der Waals surface area (Å²) in [6.07, 6.45) is 0. The number of carbonyl (C=O) groups is 2. The van der Waals surface area contributed by atoms with Gasteiger partial charge in [0.05, 0.1) is 0 Å². The maximum atomic E-state index is 11.1. The van der Waals surface area contributed by atoms with Crippen LogP contribution in [0.5, 0.6) is 0 Å². The minimum atomic E-state index is -0.594. The Morgan fingerprint density at radius 2 is 1.92 bits per heavy atom. The molecule has 1 heterocycles. The van der Waals surface area contributed by atoms with Crippen molar-refractivity contribution < 1.29 is 9.59 Å². The first kappa shape index (κ1) is 8.90. The molecule has 1 N–H and O–H groups in total. The summed E-state index contributed by atoms with van der Waals surface area (Å²) >= 11 is 1.85. The normalized spacial score (nSPS) is 30.5. The smallest absolute Gasteiger partial charge is 0.246 e. The molecule has 4 nitrogen and oxygen atoms in total. The minimum Gasteiger partial charge on any atom is -0.299 e. The Bertz CT molecular complexity index is 266. The first-order valence-electron chi connectivity index (χ1n) is 4.20. The molecule has 2 rings (SSSR count). The van der Waals surface area contributed by atoms with Crippen LogP contribution in [0.4, 0.5) is 0 Å². The fourth-order valence-electron chi connectivity index (χ4n) is 1.62. The van der Waals surface area contributed by atoms with Crippen molar-refractivity contribution in [3.8, 4) is 0 Å². The lowest BCUT2D eigenvalue weighted by Crippen LogP contribution is -2.63. The van der Waals surface area contributed by atoms with E-state index in [-0.39, 0.29) is 5.71 Å². The number of Topliss-reactive ketones (excluding diaryl/α,β-unsaturated/α-hetero) is 2. The van der Waals surface area contributed by atoms with Gasteiger partial charge in [-0.2, -0.15) is 11.8 Å². The third kappa shape index (κ3) is 1.32. The Labute approximate surface area is 80.2 Å². The number of ketones is 2. The van der Waals surface area contributed by atoms with Gasteiger partial charge in [-0.25, -0.2) is 0 Å². The standard InChI is InChI=1S/C8H10N2O2S/c9-5-6(8(12)7(5)11)10-1-3-13-4-2-10/h6,9H,1-4H2/t6-/m0/s1. The highest BCUT2D eigenvalue weighted by molar-refractivity contribution is 7.99. The molecule has 0 bridgehead atoms. The molecule has 0 amide bonds. The number of nitrogens with one attached hydrogen (secondary N) is 1. The van der Waals surface area contributed by atoms with Gasteiger partial charge in [0.2, 0.25) is 11.6 Å². The molecule has 0 aromatic carbocycles. The van der Waals surface area contributed by atoms with Gasteiger partial charge in [-0.15, -0.1) is 0 Å². The lowest BCUT2D eigenvalue weighted by atomic mass is 9.85. The SMILES string of the molecule is N=C1C(=O)C(=O)[C@H]1N1CCSCC1. The fraction of sp³-hybridized carbons (Fsp3) is 0.625. The molecule has 0 radical (unpaired) electrons. The van der Waals surface area contributed by atoms with Crippen LogP contribution in [0, 0.1) is 5.41 Å². The Balaban J connectivity index is 2.05. The van der Waals surface area contributed by atoms with Crippen LogP contribution in [0.1, 0.15) is 0 Å². The Morgan fingerprint density at radius 1 is 1.31 bits per heavy atom. The first-order valence-corrected chi connectivity index (χ1v) is 5.36. The summed E-state index contributed by atoms with van der Waals surface area (Å²) in [6, 6.07) is -0.506. The van der Waals surface area contributed by atoms with Crippen LogP contribution in [-0.4, -0.2) is 52.8 Å². The monoisotopic (exact) mass is 198 g/mol. The molecule has 1 aliphatic carbocycles. The minimum absolute atomic E-state index is 0.0168. The average molecular weight is 198 g/mol. The molecule has 70 valence electrons. The van der Waals surface area contributed by atoms with Crippen molar-refractivity contribution in [3.63, 3.8) is 0 Å². The van der Waals surface area contributed by atoms with Gasteiger partial charge in [-0.1, -0.05) is 0 Å². The molecule has 2 aliphatic rings. The van der Waals surface area contributed by atoms with Gasteiger partial charge in [0.15, 0.2) is 0 Å². The summed E-state index contributed by atoms with van der Waals surface area (Å²) in [5, 5.41) is 7.34. The van der Waals surface area contributed by atoms with E-state index in [9.17, 15) is 9.59 Å². The number of hydrogen-bond donors (Lipinski definition) is 1. The fourth-order valence-corrected chi connectivity index (χ4v) is 2.55. The van der Waals surface area contributed by atoms with Crippen molar-refractivity contribution >= 4 is 29.0 Å². The van der Waals surface area contributed by atoms with Crippen LogP contribution >= 0.6 is 11.8 Å². The molecule has 0 aromatic rings.